The van der Waals surface area contributed by atoms with Gasteiger partial charge < -0.3 is 15.7 Å². The molecule has 0 heterocycles. The average molecular weight is 266 g/mol. The number of phenolic OH excluding ortho intramolecular Hbond substituents is 1. The third-order valence-corrected chi connectivity index (χ3v) is 2.78. The Kier molecular flexibility index (Phi) is 4.67. The molecule has 0 aliphatic rings. The van der Waals surface area contributed by atoms with Crippen LogP contribution in [-0.2, 0) is 0 Å². The van der Waals surface area contributed by atoms with Gasteiger partial charge in [-0.15, -0.1) is 0 Å². The van der Waals surface area contributed by atoms with Crippen LogP contribution >= 0.6 is 12.2 Å². The fourth-order valence-electron chi connectivity index (χ4n) is 1.70. The molecule has 1 rings (SSSR count). The number of aryl methyl sites for hydroxylation is 1. The lowest BCUT2D eigenvalue weighted by Crippen LogP contribution is -2.42. The van der Waals surface area contributed by atoms with E-state index >= 15 is 0 Å². The summed E-state index contributed by atoms with van der Waals surface area (Å²) in [6.07, 6.45) is 0. The van der Waals surface area contributed by atoms with E-state index in [9.17, 15) is 9.90 Å². The number of nitrogens with zero attached hydrogens (tertiary/aromatic N) is 1. The second-order valence-electron chi connectivity index (χ2n) is 4.49. The normalized spacial score (nSPS) is 10.4. The summed E-state index contributed by atoms with van der Waals surface area (Å²) >= 11 is 4.86. The van der Waals surface area contributed by atoms with Crippen molar-refractivity contribution in [3.05, 3.63) is 29.3 Å². The van der Waals surface area contributed by atoms with Crippen molar-refractivity contribution >= 4 is 23.1 Å². The summed E-state index contributed by atoms with van der Waals surface area (Å²) in [5, 5.41) is 9.35. The summed E-state index contributed by atoms with van der Waals surface area (Å²) in [7, 11) is 0. The minimum atomic E-state index is -0.129. The number of phenols is 1. The lowest BCUT2D eigenvalue weighted by molar-refractivity contribution is 0.0735. The molecule has 1 aromatic carbocycles. The van der Waals surface area contributed by atoms with Gasteiger partial charge in [-0.1, -0.05) is 12.2 Å². The van der Waals surface area contributed by atoms with Gasteiger partial charge in [0.2, 0.25) is 0 Å². The first-order valence-corrected chi connectivity index (χ1v) is 6.12. The number of hydrogen-bond donors (Lipinski definition) is 2. The SMILES string of the molecule is Cc1cc(O)ccc1C(=O)N(CC(N)=S)C(C)C. The van der Waals surface area contributed by atoms with Crippen molar-refractivity contribution < 1.29 is 9.90 Å². The molecule has 0 bridgehead atoms. The van der Waals surface area contributed by atoms with Crippen LogP contribution in [0.15, 0.2) is 18.2 Å². The maximum absolute atomic E-state index is 12.4. The summed E-state index contributed by atoms with van der Waals surface area (Å²) in [6, 6.07) is 4.68. The highest BCUT2D eigenvalue weighted by Gasteiger charge is 2.20. The lowest BCUT2D eigenvalue weighted by atomic mass is 10.1. The van der Waals surface area contributed by atoms with Crippen molar-refractivity contribution in [1.82, 2.24) is 4.90 Å². The molecule has 1 amide bonds. The second kappa shape index (κ2) is 5.82. The molecule has 0 saturated carbocycles. The first-order valence-electron chi connectivity index (χ1n) is 5.71. The topological polar surface area (TPSA) is 66.6 Å². The lowest BCUT2D eigenvalue weighted by Gasteiger charge is -2.27. The minimum Gasteiger partial charge on any atom is -0.508 e. The molecule has 0 unspecified atom stereocenters. The van der Waals surface area contributed by atoms with Gasteiger partial charge in [-0.05, 0) is 44.5 Å². The van der Waals surface area contributed by atoms with Crippen LogP contribution in [0.2, 0.25) is 0 Å². The Morgan fingerprint density at radius 2 is 2.11 bits per heavy atom. The zero-order chi connectivity index (χ0) is 13.9. The monoisotopic (exact) mass is 266 g/mol. The fraction of sp³-hybridized carbons (Fsp3) is 0.385. The fourth-order valence-corrected chi connectivity index (χ4v) is 1.84. The molecular weight excluding hydrogens is 248 g/mol. The summed E-state index contributed by atoms with van der Waals surface area (Å²) in [5.74, 6) is 0.0183. The van der Waals surface area contributed by atoms with Gasteiger partial charge in [-0.2, -0.15) is 0 Å². The number of amides is 1. The molecule has 0 aliphatic carbocycles. The molecule has 0 aliphatic heterocycles. The van der Waals surface area contributed by atoms with Crippen LogP contribution in [0.5, 0.6) is 5.75 Å². The molecule has 3 N–H and O–H groups in total. The van der Waals surface area contributed by atoms with Gasteiger partial charge in [0.1, 0.15) is 5.75 Å². The molecule has 0 radical (unpaired) electrons. The molecule has 0 spiro atoms. The van der Waals surface area contributed by atoms with Gasteiger partial charge in [0, 0.05) is 11.6 Å². The van der Waals surface area contributed by atoms with Crippen LogP contribution in [0, 0.1) is 6.92 Å². The van der Waals surface area contributed by atoms with Gasteiger partial charge in [-0.3, -0.25) is 4.79 Å². The van der Waals surface area contributed by atoms with Crippen molar-refractivity contribution in [3.8, 4) is 5.75 Å². The number of benzene rings is 1. The minimum absolute atomic E-state index is 0.00667. The number of rotatable bonds is 4. The maximum Gasteiger partial charge on any atom is 0.254 e. The molecule has 1 aromatic rings. The summed E-state index contributed by atoms with van der Waals surface area (Å²) in [5.41, 5.74) is 6.79. The third-order valence-electron chi connectivity index (χ3n) is 2.65. The van der Waals surface area contributed by atoms with Crippen molar-refractivity contribution in [1.29, 1.82) is 0 Å². The maximum atomic E-state index is 12.4. The summed E-state index contributed by atoms with van der Waals surface area (Å²) in [6.45, 7) is 5.86. The van der Waals surface area contributed by atoms with E-state index < -0.39 is 0 Å². The first-order chi connectivity index (χ1) is 8.32. The molecule has 4 nitrogen and oxygen atoms in total. The van der Waals surface area contributed by atoms with Gasteiger partial charge in [-0.25, -0.2) is 0 Å². The highest BCUT2D eigenvalue weighted by atomic mass is 32.1. The van der Waals surface area contributed by atoms with E-state index in [-0.39, 0.29) is 29.2 Å². The third kappa shape index (κ3) is 3.43. The standard InChI is InChI=1S/C13H18N2O2S/c1-8(2)15(7-12(14)18)13(17)11-5-4-10(16)6-9(11)3/h4-6,8,16H,7H2,1-3H3,(H2,14,18). The van der Waals surface area contributed by atoms with Gasteiger partial charge in [0.05, 0.1) is 11.5 Å². The Bertz CT molecular complexity index is 472. The first kappa shape index (κ1) is 14.4. The van der Waals surface area contributed by atoms with E-state index in [4.69, 9.17) is 18.0 Å². The highest BCUT2D eigenvalue weighted by molar-refractivity contribution is 7.80. The van der Waals surface area contributed by atoms with E-state index in [0.29, 0.717) is 5.56 Å². The molecule has 5 heteroatoms. The van der Waals surface area contributed by atoms with E-state index in [0.717, 1.165) is 5.56 Å². The number of carbonyl (C=O) groups is 1. The number of carbonyl (C=O) groups excluding carboxylic acids is 1. The van der Waals surface area contributed by atoms with Crippen LogP contribution in [-0.4, -0.2) is 33.5 Å². The zero-order valence-electron chi connectivity index (χ0n) is 10.8. The van der Waals surface area contributed by atoms with Crippen molar-refractivity contribution in [2.24, 2.45) is 5.73 Å². The van der Waals surface area contributed by atoms with Crippen LogP contribution in [0.4, 0.5) is 0 Å². The average Bonchev–Trinajstić information content (AvgIpc) is 2.24. The number of hydrogen-bond acceptors (Lipinski definition) is 3. The van der Waals surface area contributed by atoms with E-state index in [1.54, 1.807) is 24.0 Å². The number of nitrogens with two attached hydrogens (primary N) is 1. The summed E-state index contributed by atoms with van der Waals surface area (Å²) < 4.78 is 0. The molecule has 18 heavy (non-hydrogen) atoms. The van der Waals surface area contributed by atoms with Crippen molar-refractivity contribution in [2.75, 3.05) is 6.54 Å². The Labute approximate surface area is 112 Å². The van der Waals surface area contributed by atoms with Crippen LogP contribution in [0.3, 0.4) is 0 Å². The Morgan fingerprint density at radius 3 is 2.56 bits per heavy atom. The zero-order valence-corrected chi connectivity index (χ0v) is 11.6. The van der Waals surface area contributed by atoms with Crippen LogP contribution in [0.25, 0.3) is 0 Å². The van der Waals surface area contributed by atoms with Crippen molar-refractivity contribution in [3.63, 3.8) is 0 Å². The molecule has 0 atom stereocenters. The Morgan fingerprint density at radius 1 is 1.50 bits per heavy atom. The summed E-state index contributed by atoms with van der Waals surface area (Å²) in [4.78, 5) is 14.3. The molecule has 0 saturated heterocycles. The van der Waals surface area contributed by atoms with Crippen molar-refractivity contribution in [2.45, 2.75) is 26.8 Å². The highest BCUT2D eigenvalue weighted by Crippen LogP contribution is 2.18. The van der Waals surface area contributed by atoms with E-state index in [2.05, 4.69) is 0 Å². The smallest absolute Gasteiger partial charge is 0.254 e. The van der Waals surface area contributed by atoms with Gasteiger partial charge in [0.15, 0.2) is 0 Å². The van der Waals surface area contributed by atoms with Crippen LogP contribution < -0.4 is 5.73 Å². The van der Waals surface area contributed by atoms with Crippen LogP contribution in [0.1, 0.15) is 29.8 Å². The largest absolute Gasteiger partial charge is 0.508 e. The van der Waals surface area contributed by atoms with Gasteiger partial charge in [0.25, 0.3) is 5.91 Å². The second-order valence-corrected chi connectivity index (χ2v) is 5.02. The number of aromatic hydroxyl groups is 1. The quantitative estimate of drug-likeness (QED) is 0.816. The predicted molar refractivity (Wildman–Crippen MR) is 75.8 cm³/mol. The number of thiocarbonyl (C=S) groups is 1. The van der Waals surface area contributed by atoms with E-state index in [1.807, 2.05) is 13.8 Å². The molecular formula is C13H18N2O2S. The molecule has 0 fully saturated rings. The predicted octanol–water partition coefficient (Wildman–Crippen LogP) is 1.84. The van der Waals surface area contributed by atoms with E-state index in [1.165, 1.54) is 6.07 Å². The Balaban J connectivity index is 3.05. The Hall–Kier alpha value is -1.62. The molecule has 0 aromatic heterocycles. The van der Waals surface area contributed by atoms with Gasteiger partial charge >= 0.3 is 0 Å². The molecule has 98 valence electrons.